The fourth-order valence-electron chi connectivity index (χ4n) is 1.80. The number of ether oxygens (including phenoxy) is 2. The minimum atomic E-state index is -0.762. The minimum Gasteiger partial charge on any atom is -0.482 e. The predicted molar refractivity (Wildman–Crippen MR) is 94.2 cm³/mol. The quantitative estimate of drug-likeness (QED) is 0.708. The molecule has 1 amide bonds. The van der Waals surface area contributed by atoms with Gasteiger partial charge in [-0.1, -0.05) is 15.9 Å². The summed E-state index contributed by atoms with van der Waals surface area (Å²) in [4.78, 5) is 31.6. The van der Waals surface area contributed by atoms with Crippen molar-refractivity contribution in [1.82, 2.24) is 15.3 Å². The van der Waals surface area contributed by atoms with Crippen LogP contribution in [-0.2, 0) is 9.53 Å². The van der Waals surface area contributed by atoms with Gasteiger partial charge in [0.25, 0.3) is 5.91 Å². The largest absolute Gasteiger partial charge is 0.482 e. The molecular weight excluding hydrogens is 390 g/mol. The summed E-state index contributed by atoms with van der Waals surface area (Å²) in [5, 5.41) is 2.74. The third-order valence-corrected chi connectivity index (χ3v) is 3.54. The first-order valence-electron chi connectivity index (χ1n) is 7.48. The second-order valence-electron chi connectivity index (χ2n) is 5.83. The Morgan fingerprint density at radius 1 is 1.20 bits per heavy atom. The van der Waals surface area contributed by atoms with Crippen molar-refractivity contribution in [3.63, 3.8) is 0 Å². The Labute approximate surface area is 153 Å². The van der Waals surface area contributed by atoms with Gasteiger partial charge in [0.05, 0.1) is 11.7 Å². The summed E-state index contributed by atoms with van der Waals surface area (Å²) in [7, 11) is 0. The summed E-state index contributed by atoms with van der Waals surface area (Å²) in [6, 6.07) is 7.10. The van der Waals surface area contributed by atoms with E-state index in [2.05, 4.69) is 31.2 Å². The maximum Gasteiger partial charge on any atom is 0.344 e. The number of benzene rings is 1. The van der Waals surface area contributed by atoms with Gasteiger partial charge in [0.15, 0.2) is 6.61 Å². The van der Waals surface area contributed by atoms with Crippen molar-refractivity contribution in [2.75, 3.05) is 13.2 Å². The van der Waals surface area contributed by atoms with E-state index in [1.807, 2.05) is 12.1 Å². The SMILES string of the molecule is CC(C)(COC(=O)COc1ccc(Br)cc1)NC(=O)c1cnccn1. The molecule has 0 aliphatic rings. The third kappa shape index (κ3) is 6.50. The van der Waals surface area contributed by atoms with E-state index >= 15 is 0 Å². The number of esters is 1. The van der Waals surface area contributed by atoms with Crippen molar-refractivity contribution >= 4 is 27.8 Å². The van der Waals surface area contributed by atoms with E-state index in [1.54, 1.807) is 26.0 Å². The number of nitrogens with zero attached hydrogens (tertiary/aromatic N) is 2. The van der Waals surface area contributed by atoms with Gasteiger partial charge in [0.2, 0.25) is 0 Å². The van der Waals surface area contributed by atoms with Crippen LogP contribution in [0.5, 0.6) is 5.75 Å². The number of carbonyl (C=O) groups is 2. The van der Waals surface area contributed by atoms with Gasteiger partial charge in [0, 0.05) is 16.9 Å². The molecule has 0 radical (unpaired) electrons. The lowest BCUT2D eigenvalue weighted by molar-refractivity contribution is -0.147. The smallest absolute Gasteiger partial charge is 0.344 e. The van der Waals surface area contributed by atoms with Crippen LogP contribution in [0, 0.1) is 0 Å². The second kappa shape index (κ2) is 8.57. The maximum absolute atomic E-state index is 12.1. The van der Waals surface area contributed by atoms with Gasteiger partial charge in [-0.25, -0.2) is 9.78 Å². The van der Waals surface area contributed by atoms with Crippen LogP contribution >= 0.6 is 15.9 Å². The molecule has 0 spiro atoms. The number of nitrogens with one attached hydrogen (secondary N) is 1. The molecule has 1 aromatic carbocycles. The highest BCUT2D eigenvalue weighted by Gasteiger charge is 2.24. The summed E-state index contributed by atoms with van der Waals surface area (Å²) >= 11 is 3.32. The summed E-state index contributed by atoms with van der Waals surface area (Å²) in [6.07, 6.45) is 4.28. The molecule has 0 aliphatic heterocycles. The summed E-state index contributed by atoms with van der Waals surface area (Å²) in [6.45, 7) is 3.27. The molecule has 0 fully saturated rings. The van der Waals surface area contributed by atoms with Gasteiger partial charge in [-0.05, 0) is 38.1 Å². The van der Waals surface area contributed by atoms with Crippen LogP contribution in [-0.4, -0.2) is 40.6 Å². The van der Waals surface area contributed by atoms with E-state index in [-0.39, 0.29) is 24.8 Å². The number of hydrogen-bond donors (Lipinski definition) is 1. The molecule has 0 saturated carbocycles. The highest BCUT2D eigenvalue weighted by molar-refractivity contribution is 9.10. The molecular formula is C17H18BrN3O4. The Morgan fingerprint density at radius 2 is 1.92 bits per heavy atom. The van der Waals surface area contributed by atoms with Gasteiger partial charge in [-0.15, -0.1) is 0 Å². The molecule has 2 rings (SSSR count). The van der Waals surface area contributed by atoms with Crippen LogP contribution in [0.4, 0.5) is 0 Å². The van der Waals surface area contributed by atoms with Crippen molar-refractivity contribution in [3.05, 3.63) is 53.0 Å². The van der Waals surface area contributed by atoms with Crippen molar-refractivity contribution in [2.45, 2.75) is 19.4 Å². The molecule has 0 atom stereocenters. The van der Waals surface area contributed by atoms with Crippen LogP contribution in [0.1, 0.15) is 24.3 Å². The van der Waals surface area contributed by atoms with Gasteiger partial charge in [-0.2, -0.15) is 0 Å². The first-order chi connectivity index (χ1) is 11.9. The molecule has 0 unspecified atom stereocenters. The second-order valence-corrected chi connectivity index (χ2v) is 6.75. The lowest BCUT2D eigenvalue weighted by atomic mass is 10.1. The third-order valence-electron chi connectivity index (χ3n) is 3.01. The topological polar surface area (TPSA) is 90.4 Å². The molecule has 132 valence electrons. The number of amides is 1. The minimum absolute atomic E-state index is 0.00152. The lowest BCUT2D eigenvalue weighted by Gasteiger charge is -2.25. The van der Waals surface area contributed by atoms with E-state index in [4.69, 9.17) is 9.47 Å². The summed E-state index contributed by atoms with van der Waals surface area (Å²) in [5.41, 5.74) is -0.567. The van der Waals surface area contributed by atoms with Crippen LogP contribution < -0.4 is 10.1 Å². The van der Waals surface area contributed by atoms with E-state index < -0.39 is 11.5 Å². The van der Waals surface area contributed by atoms with Crippen molar-refractivity contribution < 1.29 is 19.1 Å². The normalized spacial score (nSPS) is 10.8. The monoisotopic (exact) mass is 407 g/mol. The highest BCUT2D eigenvalue weighted by atomic mass is 79.9. The van der Waals surface area contributed by atoms with Gasteiger partial charge >= 0.3 is 5.97 Å². The average Bonchev–Trinajstić information content (AvgIpc) is 2.60. The van der Waals surface area contributed by atoms with Crippen molar-refractivity contribution in [2.24, 2.45) is 0 Å². The van der Waals surface area contributed by atoms with Crippen LogP contribution in [0.2, 0.25) is 0 Å². The Bertz CT molecular complexity index is 720. The first kappa shape index (κ1) is 18.9. The van der Waals surface area contributed by atoms with Crippen molar-refractivity contribution in [3.8, 4) is 5.75 Å². The zero-order valence-corrected chi connectivity index (χ0v) is 15.4. The molecule has 2 aromatic rings. The first-order valence-corrected chi connectivity index (χ1v) is 8.27. The molecule has 0 bridgehead atoms. The van der Waals surface area contributed by atoms with Crippen molar-refractivity contribution in [1.29, 1.82) is 0 Å². The Hall–Kier alpha value is -2.48. The molecule has 7 nitrogen and oxygen atoms in total. The number of aromatic nitrogens is 2. The summed E-state index contributed by atoms with van der Waals surface area (Å²) < 4.78 is 11.4. The summed E-state index contributed by atoms with van der Waals surface area (Å²) in [5.74, 6) is -0.347. The maximum atomic E-state index is 12.1. The predicted octanol–water partition coefficient (Wildman–Crippen LogP) is 2.37. The number of rotatable bonds is 7. The Balaban J connectivity index is 1.77. The molecule has 1 N–H and O–H groups in total. The number of halogens is 1. The van der Waals surface area contributed by atoms with Gasteiger partial charge < -0.3 is 14.8 Å². The molecule has 25 heavy (non-hydrogen) atoms. The standard InChI is InChI=1S/C17H18BrN3O4/c1-17(2,21-16(23)14-9-19-7-8-20-14)11-25-15(22)10-24-13-5-3-12(18)4-6-13/h3-9H,10-11H2,1-2H3,(H,21,23). The van der Waals surface area contributed by atoms with Crippen LogP contribution in [0.25, 0.3) is 0 Å². The Kier molecular flexibility index (Phi) is 6.46. The van der Waals surface area contributed by atoms with Crippen LogP contribution in [0.15, 0.2) is 47.3 Å². The molecule has 8 heteroatoms. The average molecular weight is 408 g/mol. The fraction of sp³-hybridized carbons (Fsp3) is 0.294. The molecule has 0 saturated heterocycles. The molecule has 1 heterocycles. The number of carbonyl (C=O) groups excluding carboxylic acids is 2. The van der Waals surface area contributed by atoms with Gasteiger partial charge in [-0.3, -0.25) is 9.78 Å². The van der Waals surface area contributed by atoms with E-state index in [0.29, 0.717) is 5.75 Å². The lowest BCUT2D eigenvalue weighted by Crippen LogP contribution is -2.47. The zero-order chi connectivity index (χ0) is 18.3. The molecule has 0 aliphatic carbocycles. The van der Waals surface area contributed by atoms with Crippen LogP contribution in [0.3, 0.4) is 0 Å². The van der Waals surface area contributed by atoms with Gasteiger partial charge in [0.1, 0.15) is 18.1 Å². The zero-order valence-electron chi connectivity index (χ0n) is 13.9. The Morgan fingerprint density at radius 3 is 2.56 bits per heavy atom. The van der Waals surface area contributed by atoms with E-state index in [1.165, 1.54) is 18.6 Å². The number of hydrogen-bond acceptors (Lipinski definition) is 6. The molecule has 1 aromatic heterocycles. The van der Waals surface area contributed by atoms with E-state index in [0.717, 1.165) is 4.47 Å². The highest BCUT2D eigenvalue weighted by Crippen LogP contribution is 2.16. The van der Waals surface area contributed by atoms with E-state index in [9.17, 15) is 9.59 Å². The fourth-order valence-corrected chi connectivity index (χ4v) is 2.06.